The third-order valence-electron chi connectivity index (χ3n) is 3.35. The predicted octanol–water partition coefficient (Wildman–Crippen LogP) is 0.995. The van der Waals surface area contributed by atoms with Gasteiger partial charge in [0.15, 0.2) is 5.84 Å². The molecule has 3 N–H and O–H groups in total. The molecule has 0 fully saturated rings. The van der Waals surface area contributed by atoms with Gasteiger partial charge in [-0.15, -0.1) is 0 Å². The van der Waals surface area contributed by atoms with Gasteiger partial charge in [0.1, 0.15) is 0 Å². The van der Waals surface area contributed by atoms with Gasteiger partial charge in [-0.3, -0.25) is 9.48 Å². The Labute approximate surface area is 126 Å². The molecule has 8 heteroatoms. The van der Waals surface area contributed by atoms with E-state index in [1.807, 2.05) is 0 Å². The van der Waals surface area contributed by atoms with Crippen LogP contribution in [-0.2, 0) is 13.6 Å². The lowest BCUT2D eigenvalue weighted by Crippen LogP contribution is -2.32. The van der Waals surface area contributed by atoms with E-state index >= 15 is 0 Å². The Bertz CT molecular complexity index is 776. The highest BCUT2D eigenvalue weighted by atomic mass is 35.5. The minimum absolute atomic E-state index is 0.137. The van der Waals surface area contributed by atoms with Crippen LogP contribution in [0.3, 0.4) is 0 Å². The molecule has 0 spiro atoms. The van der Waals surface area contributed by atoms with Crippen LogP contribution in [-0.4, -0.2) is 25.4 Å². The van der Waals surface area contributed by atoms with Gasteiger partial charge in [0.25, 0.3) is 5.56 Å². The van der Waals surface area contributed by atoms with Crippen LogP contribution in [0.25, 0.3) is 0 Å². The van der Waals surface area contributed by atoms with Crippen molar-refractivity contribution in [3.05, 3.63) is 50.2 Å². The summed E-state index contributed by atoms with van der Waals surface area (Å²) < 4.78 is 3.15. The topological polar surface area (TPSA) is 98.4 Å². The van der Waals surface area contributed by atoms with Gasteiger partial charge in [0.2, 0.25) is 0 Å². The molecule has 0 aromatic carbocycles. The molecule has 0 amide bonds. The zero-order valence-electron chi connectivity index (χ0n) is 12.0. The predicted molar refractivity (Wildman–Crippen MR) is 80.0 cm³/mol. The van der Waals surface area contributed by atoms with Crippen molar-refractivity contribution in [3.63, 3.8) is 0 Å². The number of nitrogens with two attached hydrogens (primary N) is 1. The van der Waals surface area contributed by atoms with Crippen molar-refractivity contribution in [2.75, 3.05) is 0 Å². The summed E-state index contributed by atoms with van der Waals surface area (Å²) in [4.78, 5) is 12.4. The fourth-order valence-corrected chi connectivity index (χ4v) is 2.34. The Balaban J connectivity index is 2.57. The van der Waals surface area contributed by atoms with E-state index in [4.69, 9.17) is 22.5 Å². The summed E-state index contributed by atoms with van der Waals surface area (Å²) in [5, 5.41) is 16.4. The van der Waals surface area contributed by atoms with Crippen LogP contribution in [0.2, 0.25) is 5.02 Å². The lowest BCUT2D eigenvalue weighted by atomic mass is 10.2. The Kier molecular flexibility index (Phi) is 4.04. The summed E-state index contributed by atoms with van der Waals surface area (Å²) in [6, 6.07) is 3.26. The molecule has 0 aliphatic carbocycles. The SMILES string of the molecule is Cc1nn(C)c(Cn2c(C)ccc(/C(N)=N/O)c2=O)c1Cl. The van der Waals surface area contributed by atoms with E-state index < -0.39 is 0 Å². The second-order valence-electron chi connectivity index (χ2n) is 4.73. The van der Waals surface area contributed by atoms with Crippen LogP contribution in [0, 0.1) is 13.8 Å². The number of hydrogen-bond acceptors (Lipinski definition) is 4. The summed E-state index contributed by atoms with van der Waals surface area (Å²) >= 11 is 6.21. The van der Waals surface area contributed by atoms with E-state index in [9.17, 15) is 4.79 Å². The van der Waals surface area contributed by atoms with Crippen LogP contribution >= 0.6 is 11.6 Å². The summed E-state index contributed by atoms with van der Waals surface area (Å²) in [6.45, 7) is 3.86. The molecule has 0 aliphatic rings. The number of hydrogen-bond donors (Lipinski definition) is 2. The molecule has 0 unspecified atom stereocenters. The van der Waals surface area contributed by atoms with Crippen molar-refractivity contribution in [2.45, 2.75) is 20.4 Å². The van der Waals surface area contributed by atoms with Crippen LogP contribution < -0.4 is 11.3 Å². The molecule has 112 valence electrons. The largest absolute Gasteiger partial charge is 0.409 e. The molecule has 2 aromatic heterocycles. The third kappa shape index (κ3) is 2.64. The average molecular weight is 310 g/mol. The van der Waals surface area contributed by atoms with Crippen molar-refractivity contribution < 1.29 is 5.21 Å². The fourth-order valence-electron chi connectivity index (χ4n) is 2.12. The molecule has 0 radical (unpaired) electrons. The normalized spacial score (nSPS) is 11.9. The zero-order valence-corrected chi connectivity index (χ0v) is 12.7. The lowest BCUT2D eigenvalue weighted by Gasteiger charge is -2.12. The Morgan fingerprint density at radius 1 is 1.48 bits per heavy atom. The first-order valence-corrected chi connectivity index (χ1v) is 6.61. The molecule has 2 heterocycles. The highest BCUT2D eigenvalue weighted by molar-refractivity contribution is 6.31. The number of halogens is 1. The fraction of sp³-hybridized carbons (Fsp3) is 0.308. The Hall–Kier alpha value is -2.28. The molecular weight excluding hydrogens is 294 g/mol. The van der Waals surface area contributed by atoms with Gasteiger partial charge in [-0.1, -0.05) is 16.8 Å². The molecule has 0 aliphatic heterocycles. The van der Waals surface area contributed by atoms with Crippen molar-refractivity contribution >= 4 is 17.4 Å². The van der Waals surface area contributed by atoms with Crippen molar-refractivity contribution in [1.82, 2.24) is 14.3 Å². The molecule has 2 rings (SSSR count). The van der Waals surface area contributed by atoms with E-state index in [2.05, 4.69) is 10.3 Å². The van der Waals surface area contributed by atoms with Crippen molar-refractivity contribution in [2.24, 2.45) is 17.9 Å². The monoisotopic (exact) mass is 309 g/mol. The first-order chi connectivity index (χ1) is 9.86. The average Bonchev–Trinajstić information content (AvgIpc) is 2.68. The smallest absolute Gasteiger partial charge is 0.262 e. The van der Waals surface area contributed by atoms with Gasteiger partial charge in [-0.25, -0.2) is 0 Å². The number of nitrogens with zero attached hydrogens (tertiary/aromatic N) is 4. The maximum Gasteiger partial charge on any atom is 0.262 e. The van der Waals surface area contributed by atoms with E-state index in [0.717, 1.165) is 11.4 Å². The molecule has 7 nitrogen and oxygen atoms in total. The van der Waals surface area contributed by atoms with Gasteiger partial charge < -0.3 is 15.5 Å². The van der Waals surface area contributed by atoms with E-state index in [1.54, 1.807) is 31.6 Å². The first kappa shape index (κ1) is 15.1. The van der Waals surface area contributed by atoms with Gasteiger partial charge in [0, 0.05) is 12.7 Å². The van der Waals surface area contributed by atoms with Gasteiger partial charge in [-0.05, 0) is 26.0 Å². The molecular formula is C13H16ClN5O2. The maximum absolute atomic E-state index is 12.4. The van der Waals surface area contributed by atoms with Crippen molar-refractivity contribution in [3.8, 4) is 0 Å². The Morgan fingerprint density at radius 3 is 2.67 bits per heavy atom. The number of aryl methyl sites for hydroxylation is 3. The summed E-state index contributed by atoms with van der Waals surface area (Å²) in [5.41, 5.74) is 7.46. The first-order valence-electron chi connectivity index (χ1n) is 6.23. The number of oxime groups is 1. The van der Waals surface area contributed by atoms with E-state index in [-0.39, 0.29) is 23.5 Å². The number of pyridine rings is 1. The molecule has 0 saturated heterocycles. The van der Waals surface area contributed by atoms with Crippen LogP contribution in [0.4, 0.5) is 0 Å². The van der Waals surface area contributed by atoms with Crippen molar-refractivity contribution in [1.29, 1.82) is 0 Å². The van der Waals surface area contributed by atoms with Crippen LogP contribution in [0.15, 0.2) is 22.1 Å². The zero-order chi connectivity index (χ0) is 15.7. The third-order valence-corrected chi connectivity index (χ3v) is 3.84. The standard InChI is InChI=1S/C13H16ClN5O2/c1-7-4-5-9(12(15)17-21)13(20)19(7)6-10-11(14)8(2)16-18(10)3/h4-5,21H,6H2,1-3H3,(H2,15,17). The molecule has 2 aromatic rings. The van der Waals surface area contributed by atoms with Gasteiger partial charge >= 0.3 is 0 Å². The quantitative estimate of drug-likeness (QED) is 0.382. The maximum atomic E-state index is 12.4. The molecule has 0 bridgehead atoms. The molecule has 0 saturated carbocycles. The minimum atomic E-state index is -0.347. The molecule has 0 atom stereocenters. The minimum Gasteiger partial charge on any atom is -0.409 e. The number of rotatable bonds is 3. The second kappa shape index (κ2) is 5.61. The number of aromatic nitrogens is 3. The van der Waals surface area contributed by atoms with Crippen LogP contribution in [0.1, 0.15) is 22.6 Å². The van der Waals surface area contributed by atoms with E-state index in [0.29, 0.717) is 10.7 Å². The summed E-state index contributed by atoms with van der Waals surface area (Å²) in [7, 11) is 1.77. The van der Waals surface area contributed by atoms with Crippen LogP contribution in [0.5, 0.6) is 0 Å². The van der Waals surface area contributed by atoms with Gasteiger partial charge in [0.05, 0.1) is 28.5 Å². The highest BCUT2D eigenvalue weighted by Crippen LogP contribution is 2.20. The summed E-state index contributed by atoms with van der Waals surface area (Å²) in [6.07, 6.45) is 0. The second-order valence-corrected chi connectivity index (χ2v) is 5.11. The summed E-state index contributed by atoms with van der Waals surface area (Å²) in [5.74, 6) is -0.221. The van der Waals surface area contributed by atoms with E-state index in [1.165, 1.54) is 10.6 Å². The number of amidine groups is 1. The van der Waals surface area contributed by atoms with Gasteiger partial charge in [-0.2, -0.15) is 5.10 Å². The Morgan fingerprint density at radius 2 is 2.14 bits per heavy atom. The molecule has 21 heavy (non-hydrogen) atoms. The highest BCUT2D eigenvalue weighted by Gasteiger charge is 2.15. The lowest BCUT2D eigenvalue weighted by molar-refractivity contribution is 0.318.